The third-order valence-corrected chi connectivity index (χ3v) is 2.58. The zero-order valence-corrected chi connectivity index (χ0v) is 6.38. The summed E-state index contributed by atoms with van der Waals surface area (Å²) < 4.78 is 0. The van der Waals surface area contributed by atoms with Crippen molar-refractivity contribution in [1.29, 1.82) is 0 Å². The molecule has 2 unspecified atom stereocenters. The summed E-state index contributed by atoms with van der Waals surface area (Å²) in [7, 11) is 0. The van der Waals surface area contributed by atoms with Gasteiger partial charge in [-0.15, -0.1) is 0 Å². The summed E-state index contributed by atoms with van der Waals surface area (Å²) in [6.07, 6.45) is 5.09. The Labute approximate surface area is 61.9 Å². The van der Waals surface area contributed by atoms with Crippen LogP contribution in [0.2, 0.25) is 0 Å². The lowest BCUT2D eigenvalue weighted by Gasteiger charge is -1.79. The fourth-order valence-corrected chi connectivity index (χ4v) is 1.52. The Morgan fingerprint density at radius 2 is 2.30 bits per heavy atom. The molecule has 0 aromatic carbocycles. The van der Waals surface area contributed by atoms with Crippen molar-refractivity contribution in [1.82, 2.24) is 0 Å². The van der Waals surface area contributed by atoms with Crippen molar-refractivity contribution < 1.29 is 0 Å². The van der Waals surface area contributed by atoms with Crippen LogP contribution in [0, 0.1) is 11.8 Å². The molecule has 0 N–H and O–H groups in total. The standard InChI is InChI=1S/C9H13N/c1-6-8(9(6)10-2)5-7-3-4-7/h5-6,8-9H,2-4H2,1H3/t6-,8?,9?/m0/s1. The van der Waals surface area contributed by atoms with Crippen LogP contribution in [0.5, 0.6) is 0 Å². The number of hydrogen-bond donors (Lipinski definition) is 0. The van der Waals surface area contributed by atoms with Gasteiger partial charge in [-0.3, -0.25) is 4.99 Å². The fraction of sp³-hybridized carbons (Fsp3) is 0.667. The van der Waals surface area contributed by atoms with E-state index in [1.165, 1.54) is 12.8 Å². The van der Waals surface area contributed by atoms with E-state index in [0.29, 0.717) is 6.04 Å². The highest BCUT2D eigenvalue weighted by Gasteiger charge is 2.45. The van der Waals surface area contributed by atoms with E-state index in [2.05, 4.69) is 24.7 Å². The molecule has 0 bridgehead atoms. The minimum absolute atomic E-state index is 0.549. The summed E-state index contributed by atoms with van der Waals surface area (Å²) in [6.45, 7) is 5.83. The Hall–Kier alpha value is -0.590. The first-order valence-corrected chi connectivity index (χ1v) is 3.98. The Morgan fingerprint density at radius 1 is 1.60 bits per heavy atom. The van der Waals surface area contributed by atoms with Gasteiger partial charge < -0.3 is 0 Å². The first-order chi connectivity index (χ1) is 4.83. The van der Waals surface area contributed by atoms with Gasteiger partial charge in [0.2, 0.25) is 0 Å². The van der Waals surface area contributed by atoms with Crippen LogP contribution < -0.4 is 0 Å². The van der Waals surface area contributed by atoms with Crippen LogP contribution in [0.25, 0.3) is 0 Å². The number of allylic oxidation sites excluding steroid dienone is 1. The summed E-state index contributed by atoms with van der Waals surface area (Å²) in [5, 5.41) is 0. The first kappa shape index (κ1) is 6.14. The van der Waals surface area contributed by atoms with Gasteiger partial charge in [-0.2, -0.15) is 0 Å². The fourth-order valence-electron chi connectivity index (χ4n) is 1.52. The van der Waals surface area contributed by atoms with E-state index in [4.69, 9.17) is 0 Å². The van der Waals surface area contributed by atoms with Gasteiger partial charge in [-0.1, -0.05) is 18.6 Å². The van der Waals surface area contributed by atoms with Gasteiger partial charge >= 0.3 is 0 Å². The lowest BCUT2D eigenvalue weighted by molar-refractivity contribution is 0.882. The van der Waals surface area contributed by atoms with Crippen molar-refractivity contribution in [2.24, 2.45) is 16.8 Å². The molecule has 0 saturated heterocycles. The Kier molecular flexibility index (Phi) is 1.19. The molecular formula is C9H13N. The van der Waals surface area contributed by atoms with Crippen LogP contribution >= 0.6 is 0 Å². The number of hydrogen-bond acceptors (Lipinski definition) is 1. The molecule has 2 rings (SSSR count). The van der Waals surface area contributed by atoms with E-state index in [9.17, 15) is 0 Å². The summed E-state index contributed by atoms with van der Waals surface area (Å²) in [5.41, 5.74) is 1.64. The number of aliphatic imine (C=N–C) groups is 1. The van der Waals surface area contributed by atoms with Crippen molar-refractivity contribution >= 4 is 6.72 Å². The lowest BCUT2D eigenvalue weighted by Crippen LogP contribution is -1.76. The van der Waals surface area contributed by atoms with Crippen LogP contribution in [0.4, 0.5) is 0 Å². The molecule has 0 aromatic rings. The summed E-state index contributed by atoms with van der Waals surface area (Å²) in [4.78, 5) is 4.05. The molecule has 0 aliphatic heterocycles. The van der Waals surface area contributed by atoms with E-state index in [-0.39, 0.29) is 0 Å². The molecule has 1 nitrogen and oxygen atoms in total. The maximum atomic E-state index is 4.05. The minimum atomic E-state index is 0.549. The molecule has 0 spiro atoms. The number of nitrogens with zero attached hydrogens (tertiary/aromatic N) is 1. The van der Waals surface area contributed by atoms with E-state index in [0.717, 1.165) is 11.8 Å². The molecule has 2 fully saturated rings. The van der Waals surface area contributed by atoms with Gasteiger partial charge in [0.25, 0.3) is 0 Å². The molecule has 2 aliphatic carbocycles. The van der Waals surface area contributed by atoms with Crippen LogP contribution in [-0.2, 0) is 0 Å². The quantitative estimate of drug-likeness (QED) is 0.406. The topological polar surface area (TPSA) is 12.4 Å². The normalized spacial score (nSPS) is 42.9. The van der Waals surface area contributed by atoms with Gasteiger partial charge in [0.1, 0.15) is 0 Å². The van der Waals surface area contributed by atoms with Crippen molar-refractivity contribution in [3.8, 4) is 0 Å². The second-order valence-corrected chi connectivity index (χ2v) is 3.43. The first-order valence-electron chi connectivity index (χ1n) is 3.98. The van der Waals surface area contributed by atoms with E-state index >= 15 is 0 Å². The summed E-state index contributed by atoms with van der Waals surface area (Å²) >= 11 is 0. The zero-order chi connectivity index (χ0) is 7.14. The molecule has 2 saturated carbocycles. The molecule has 0 radical (unpaired) electrons. The Balaban J connectivity index is 1.97. The SMILES string of the molecule is C=NC1C(C=C2CC2)[C@@H]1C. The predicted octanol–water partition coefficient (Wildman–Crippen LogP) is 2.04. The third-order valence-electron chi connectivity index (χ3n) is 2.58. The predicted molar refractivity (Wildman–Crippen MR) is 43.3 cm³/mol. The molecule has 0 heterocycles. The van der Waals surface area contributed by atoms with Crippen molar-refractivity contribution in [2.45, 2.75) is 25.8 Å². The second-order valence-electron chi connectivity index (χ2n) is 3.43. The van der Waals surface area contributed by atoms with Gasteiger partial charge in [-0.25, -0.2) is 0 Å². The maximum absolute atomic E-state index is 4.05. The average molecular weight is 135 g/mol. The molecule has 0 aromatic heterocycles. The van der Waals surface area contributed by atoms with Crippen LogP contribution in [-0.4, -0.2) is 12.8 Å². The maximum Gasteiger partial charge on any atom is 0.0590 e. The number of rotatable bonds is 2. The van der Waals surface area contributed by atoms with Gasteiger partial charge in [-0.05, 0) is 25.5 Å². The third kappa shape index (κ3) is 0.898. The monoisotopic (exact) mass is 135 g/mol. The molecule has 0 amide bonds. The van der Waals surface area contributed by atoms with Crippen molar-refractivity contribution in [3.63, 3.8) is 0 Å². The molecule has 54 valence electrons. The van der Waals surface area contributed by atoms with Crippen molar-refractivity contribution in [2.75, 3.05) is 0 Å². The van der Waals surface area contributed by atoms with Crippen LogP contribution in [0.3, 0.4) is 0 Å². The van der Waals surface area contributed by atoms with Crippen molar-refractivity contribution in [3.05, 3.63) is 11.6 Å². The summed E-state index contributed by atoms with van der Waals surface area (Å²) in [5.74, 6) is 1.51. The van der Waals surface area contributed by atoms with Gasteiger partial charge in [0.05, 0.1) is 6.04 Å². The zero-order valence-electron chi connectivity index (χ0n) is 6.38. The largest absolute Gasteiger partial charge is 0.297 e. The molecule has 3 atom stereocenters. The van der Waals surface area contributed by atoms with Crippen LogP contribution in [0.1, 0.15) is 19.8 Å². The highest BCUT2D eigenvalue weighted by molar-refractivity contribution is 5.30. The smallest absolute Gasteiger partial charge is 0.0590 e. The molecule has 10 heavy (non-hydrogen) atoms. The molecular weight excluding hydrogens is 122 g/mol. The molecule has 2 aliphatic rings. The lowest BCUT2D eigenvalue weighted by atomic mass is 10.3. The van der Waals surface area contributed by atoms with E-state index < -0.39 is 0 Å². The minimum Gasteiger partial charge on any atom is -0.297 e. The van der Waals surface area contributed by atoms with Gasteiger partial charge in [0, 0.05) is 5.92 Å². The van der Waals surface area contributed by atoms with Crippen LogP contribution in [0.15, 0.2) is 16.6 Å². The Morgan fingerprint density at radius 3 is 2.70 bits per heavy atom. The molecule has 1 heteroatoms. The van der Waals surface area contributed by atoms with E-state index in [1.54, 1.807) is 5.57 Å². The van der Waals surface area contributed by atoms with E-state index in [1.807, 2.05) is 0 Å². The highest BCUT2D eigenvalue weighted by atomic mass is 14.9. The highest BCUT2D eigenvalue weighted by Crippen LogP contribution is 2.45. The Bertz CT molecular complexity index is 187. The van der Waals surface area contributed by atoms with Gasteiger partial charge in [0.15, 0.2) is 0 Å². The average Bonchev–Trinajstić information content (AvgIpc) is 2.78. The summed E-state index contributed by atoms with van der Waals surface area (Å²) in [6, 6.07) is 0.549. The second kappa shape index (κ2) is 1.94.